The Balaban J connectivity index is 0.00000392. The van der Waals surface area contributed by atoms with E-state index >= 15 is 0 Å². The molecule has 1 aliphatic heterocycles. The van der Waals surface area contributed by atoms with Crippen molar-refractivity contribution in [2.45, 2.75) is 39.3 Å². The molecular formula is C21H37IN4O2. The molecule has 0 aliphatic carbocycles. The van der Waals surface area contributed by atoms with Crippen LogP contribution in [0.3, 0.4) is 0 Å². The van der Waals surface area contributed by atoms with Crippen LogP contribution in [0.2, 0.25) is 0 Å². The topological polar surface area (TPSA) is 58.1 Å². The van der Waals surface area contributed by atoms with E-state index in [0.717, 1.165) is 57.4 Å². The van der Waals surface area contributed by atoms with E-state index < -0.39 is 0 Å². The average molecular weight is 504 g/mol. The van der Waals surface area contributed by atoms with Crippen LogP contribution in [0.4, 0.5) is 0 Å². The Labute approximate surface area is 187 Å². The molecular weight excluding hydrogens is 467 g/mol. The summed E-state index contributed by atoms with van der Waals surface area (Å²) < 4.78 is 11.4. The highest BCUT2D eigenvalue weighted by molar-refractivity contribution is 14.0. The van der Waals surface area contributed by atoms with Crippen LogP contribution < -0.4 is 15.4 Å². The summed E-state index contributed by atoms with van der Waals surface area (Å²) in [6.07, 6.45) is 2.23. The third-order valence-electron chi connectivity index (χ3n) is 4.79. The Bertz CT molecular complexity index is 577. The first-order chi connectivity index (χ1) is 13.1. The molecule has 7 heteroatoms. The number of benzene rings is 1. The first-order valence-corrected chi connectivity index (χ1v) is 10.0. The van der Waals surface area contributed by atoms with Crippen LogP contribution in [0.25, 0.3) is 0 Å². The Kier molecular flexibility index (Phi) is 12.5. The van der Waals surface area contributed by atoms with Crippen LogP contribution in [-0.2, 0) is 11.3 Å². The summed E-state index contributed by atoms with van der Waals surface area (Å²) >= 11 is 0. The van der Waals surface area contributed by atoms with Gasteiger partial charge in [-0.1, -0.05) is 26.0 Å². The quantitative estimate of drug-likeness (QED) is 0.308. The minimum absolute atomic E-state index is 0. The SMILES string of the molecule is CN=C(NCc1cccc(OCCN(C)C2CCOCC2)c1)NCC(C)C.I. The number of guanidine groups is 1. The molecule has 0 radical (unpaired) electrons. The number of nitrogens with one attached hydrogen (secondary N) is 2. The van der Waals surface area contributed by atoms with E-state index in [9.17, 15) is 0 Å². The molecule has 28 heavy (non-hydrogen) atoms. The molecule has 0 atom stereocenters. The van der Waals surface area contributed by atoms with Gasteiger partial charge in [0.25, 0.3) is 0 Å². The lowest BCUT2D eigenvalue weighted by molar-refractivity contribution is 0.0392. The van der Waals surface area contributed by atoms with Gasteiger partial charge in [0.05, 0.1) is 0 Å². The molecule has 2 rings (SSSR count). The zero-order valence-electron chi connectivity index (χ0n) is 17.7. The highest BCUT2D eigenvalue weighted by Crippen LogP contribution is 2.15. The second-order valence-corrected chi connectivity index (χ2v) is 7.52. The van der Waals surface area contributed by atoms with Crippen LogP contribution in [0.1, 0.15) is 32.3 Å². The van der Waals surface area contributed by atoms with Crippen LogP contribution in [0.15, 0.2) is 29.3 Å². The third-order valence-corrected chi connectivity index (χ3v) is 4.79. The highest BCUT2D eigenvalue weighted by atomic mass is 127. The zero-order chi connectivity index (χ0) is 19.5. The number of aliphatic imine (C=N–C) groups is 1. The summed E-state index contributed by atoms with van der Waals surface area (Å²) in [6, 6.07) is 8.87. The number of hydrogen-bond donors (Lipinski definition) is 2. The fourth-order valence-electron chi connectivity index (χ4n) is 3.07. The summed E-state index contributed by atoms with van der Waals surface area (Å²) in [6.45, 7) is 9.36. The Morgan fingerprint density at radius 3 is 2.71 bits per heavy atom. The molecule has 1 heterocycles. The van der Waals surface area contributed by atoms with Crippen molar-refractivity contribution in [3.63, 3.8) is 0 Å². The van der Waals surface area contributed by atoms with E-state index in [-0.39, 0.29) is 24.0 Å². The van der Waals surface area contributed by atoms with Gasteiger partial charge >= 0.3 is 0 Å². The van der Waals surface area contributed by atoms with E-state index in [1.54, 1.807) is 7.05 Å². The van der Waals surface area contributed by atoms with Crippen LogP contribution in [0, 0.1) is 5.92 Å². The van der Waals surface area contributed by atoms with Crippen molar-refractivity contribution in [3.05, 3.63) is 29.8 Å². The molecule has 0 saturated carbocycles. The van der Waals surface area contributed by atoms with Crippen molar-refractivity contribution in [3.8, 4) is 5.75 Å². The minimum atomic E-state index is 0. The van der Waals surface area contributed by atoms with Gasteiger partial charge in [-0.15, -0.1) is 24.0 Å². The third kappa shape index (κ3) is 9.43. The molecule has 160 valence electrons. The summed E-state index contributed by atoms with van der Waals surface area (Å²) in [5.74, 6) is 2.33. The Hall–Kier alpha value is -1.06. The van der Waals surface area contributed by atoms with Crippen molar-refractivity contribution in [1.29, 1.82) is 0 Å². The lowest BCUT2D eigenvalue weighted by Crippen LogP contribution is -2.38. The summed E-state index contributed by atoms with van der Waals surface area (Å²) in [5, 5.41) is 6.67. The maximum atomic E-state index is 5.97. The number of hydrogen-bond acceptors (Lipinski definition) is 4. The van der Waals surface area contributed by atoms with Gasteiger partial charge in [-0.05, 0) is 43.5 Å². The molecule has 1 fully saturated rings. The molecule has 1 saturated heterocycles. The van der Waals surface area contributed by atoms with E-state index in [0.29, 0.717) is 18.6 Å². The van der Waals surface area contributed by atoms with Crippen LogP contribution in [-0.4, -0.2) is 63.9 Å². The molecule has 0 unspecified atom stereocenters. The maximum Gasteiger partial charge on any atom is 0.191 e. The lowest BCUT2D eigenvalue weighted by Gasteiger charge is -2.31. The zero-order valence-corrected chi connectivity index (χ0v) is 20.1. The number of ether oxygens (including phenoxy) is 2. The fourth-order valence-corrected chi connectivity index (χ4v) is 3.07. The Morgan fingerprint density at radius 1 is 1.29 bits per heavy atom. The smallest absolute Gasteiger partial charge is 0.191 e. The van der Waals surface area contributed by atoms with Gasteiger partial charge in [0.1, 0.15) is 12.4 Å². The molecule has 6 nitrogen and oxygen atoms in total. The maximum absolute atomic E-state index is 5.97. The van der Waals surface area contributed by atoms with Crippen molar-refractivity contribution in [1.82, 2.24) is 15.5 Å². The van der Waals surface area contributed by atoms with E-state index in [4.69, 9.17) is 9.47 Å². The molecule has 1 aromatic rings. The van der Waals surface area contributed by atoms with E-state index in [1.165, 1.54) is 5.56 Å². The van der Waals surface area contributed by atoms with Gasteiger partial charge in [0.15, 0.2) is 5.96 Å². The largest absolute Gasteiger partial charge is 0.492 e. The molecule has 1 aromatic carbocycles. The van der Waals surface area contributed by atoms with Crippen molar-refractivity contribution >= 4 is 29.9 Å². The fraction of sp³-hybridized carbons (Fsp3) is 0.667. The summed E-state index contributed by atoms with van der Waals surface area (Å²) in [5.41, 5.74) is 1.18. The number of likely N-dealkylation sites (N-methyl/N-ethyl adjacent to an activating group) is 1. The average Bonchev–Trinajstić information content (AvgIpc) is 2.69. The van der Waals surface area contributed by atoms with E-state index in [1.807, 2.05) is 12.1 Å². The lowest BCUT2D eigenvalue weighted by atomic mass is 10.1. The molecule has 0 bridgehead atoms. The summed E-state index contributed by atoms with van der Waals surface area (Å²) in [7, 11) is 3.97. The molecule has 0 spiro atoms. The van der Waals surface area contributed by atoms with Gasteiger partial charge in [-0.2, -0.15) is 0 Å². The predicted octanol–water partition coefficient (Wildman–Crippen LogP) is 3.12. The molecule has 2 N–H and O–H groups in total. The van der Waals surface area contributed by atoms with Crippen molar-refractivity contribution < 1.29 is 9.47 Å². The first kappa shape index (κ1) is 25.0. The normalized spacial score (nSPS) is 15.4. The van der Waals surface area contributed by atoms with Gasteiger partial charge < -0.3 is 20.1 Å². The molecule has 0 aromatic heterocycles. The van der Waals surface area contributed by atoms with E-state index in [2.05, 4.69) is 53.6 Å². The van der Waals surface area contributed by atoms with Gasteiger partial charge in [-0.25, -0.2) is 0 Å². The number of halogens is 1. The number of rotatable bonds is 9. The first-order valence-electron chi connectivity index (χ1n) is 10.0. The van der Waals surface area contributed by atoms with Gasteiger partial charge in [0, 0.05) is 45.9 Å². The van der Waals surface area contributed by atoms with Crippen molar-refractivity contribution in [2.24, 2.45) is 10.9 Å². The van der Waals surface area contributed by atoms with Gasteiger partial charge in [0.2, 0.25) is 0 Å². The number of nitrogens with zero attached hydrogens (tertiary/aromatic N) is 2. The van der Waals surface area contributed by atoms with Crippen molar-refractivity contribution in [2.75, 3.05) is 47.0 Å². The minimum Gasteiger partial charge on any atom is -0.492 e. The summed E-state index contributed by atoms with van der Waals surface area (Å²) in [4.78, 5) is 6.65. The van der Waals surface area contributed by atoms with Crippen LogP contribution >= 0.6 is 24.0 Å². The Morgan fingerprint density at radius 2 is 2.04 bits per heavy atom. The second-order valence-electron chi connectivity index (χ2n) is 7.52. The van der Waals surface area contributed by atoms with Crippen LogP contribution in [0.5, 0.6) is 5.75 Å². The highest BCUT2D eigenvalue weighted by Gasteiger charge is 2.17. The predicted molar refractivity (Wildman–Crippen MR) is 127 cm³/mol. The monoisotopic (exact) mass is 504 g/mol. The van der Waals surface area contributed by atoms with Gasteiger partial charge in [-0.3, -0.25) is 9.89 Å². The standard InChI is InChI=1S/C21H36N4O2.HI/c1-17(2)15-23-21(22-3)24-16-18-6-5-7-20(14-18)27-13-10-25(4)19-8-11-26-12-9-19;/h5-7,14,17,19H,8-13,15-16H2,1-4H3,(H2,22,23,24);1H. The molecule has 0 amide bonds. The second kappa shape index (κ2) is 14.0. The molecule has 1 aliphatic rings.